The zero-order chi connectivity index (χ0) is 15.1. The van der Waals surface area contributed by atoms with Crippen LogP contribution in [0.1, 0.15) is 44.7 Å². The summed E-state index contributed by atoms with van der Waals surface area (Å²) in [5.74, 6) is 3.02. The minimum atomic E-state index is -0.786. The van der Waals surface area contributed by atoms with E-state index in [0.717, 1.165) is 48.6 Å². The second kappa shape index (κ2) is 8.39. The molecule has 1 aliphatic heterocycles. The summed E-state index contributed by atoms with van der Waals surface area (Å²) in [6.07, 6.45) is 3.36. The third-order valence-corrected chi connectivity index (χ3v) is 5.03. The van der Waals surface area contributed by atoms with Crippen LogP contribution in [0.25, 0.3) is 0 Å². The van der Waals surface area contributed by atoms with Gasteiger partial charge in [0.1, 0.15) is 0 Å². The summed E-state index contributed by atoms with van der Waals surface area (Å²) in [5, 5.41) is 3.42. The van der Waals surface area contributed by atoms with E-state index in [1.807, 2.05) is 18.2 Å². The standard InChI is InChI=1S/C16H25NO3S/c1-3-5-6-9-21(18)11-14(17-4-2)13-7-8-15-16(10-13)20-12-19-15/h7-8,10,14,17H,3-6,9,11-12H2,1-2H3. The second-order valence-corrected chi connectivity index (χ2v) is 6.86. The Morgan fingerprint density at radius 1 is 1.24 bits per heavy atom. The second-order valence-electron chi connectivity index (χ2n) is 5.24. The molecule has 1 aromatic carbocycles. The first kappa shape index (κ1) is 16.3. The number of fused-ring (bicyclic) bond motifs is 1. The Morgan fingerprint density at radius 3 is 2.81 bits per heavy atom. The molecule has 0 saturated heterocycles. The number of hydrogen-bond acceptors (Lipinski definition) is 4. The molecule has 2 rings (SSSR count). The highest BCUT2D eigenvalue weighted by atomic mass is 32.2. The van der Waals surface area contributed by atoms with Crippen molar-refractivity contribution in [3.05, 3.63) is 23.8 Å². The highest BCUT2D eigenvalue weighted by molar-refractivity contribution is 7.85. The van der Waals surface area contributed by atoms with Crippen molar-refractivity contribution in [2.45, 2.75) is 39.2 Å². The zero-order valence-electron chi connectivity index (χ0n) is 12.9. The minimum absolute atomic E-state index is 0.104. The van der Waals surface area contributed by atoms with E-state index in [1.54, 1.807) is 0 Å². The fourth-order valence-corrected chi connectivity index (χ4v) is 3.81. The predicted molar refractivity (Wildman–Crippen MR) is 86.4 cm³/mol. The molecular weight excluding hydrogens is 286 g/mol. The van der Waals surface area contributed by atoms with Crippen LogP contribution >= 0.6 is 0 Å². The molecule has 1 N–H and O–H groups in total. The molecule has 4 nitrogen and oxygen atoms in total. The molecule has 2 unspecified atom stereocenters. The van der Waals surface area contributed by atoms with Crippen molar-refractivity contribution >= 4 is 10.8 Å². The van der Waals surface area contributed by atoms with Crippen molar-refractivity contribution in [1.29, 1.82) is 0 Å². The van der Waals surface area contributed by atoms with Gasteiger partial charge in [0.25, 0.3) is 0 Å². The van der Waals surface area contributed by atoms with Gasteiger partial charge in [-0.05, 0) is 30.7 Å². The van der Waals surface area contributed by atoms with Gasteiger partial charge in [-0.25, -0.2) is 0 Å². The SMILES string of the molecule is CCCCCS(=O)CC(NCC)c1ccc2c(c1)OCO2. The Balaban J connectivity index is 1.99. The maximum atomic E-state index is 12.2. The van der Waals surface area contributed by atoms with Crippen molar-refractivity contribution in [1.82, 2.24) is 5.32 Å². The molecular formula is C16H25NO3S. The average molecular weight is 311 g/mol. The Labute approximate surface area is 129 Å². The summed E-state index contributed by atoms with van der Waals surface area (Å²) in [6.45, 7) is 5.37. The van der Waals surface area contributed by atoms with Crippen LogP contribution in [0.15, 0.2) is 18.2 Å². The predicted octanol–water partition coefficient (Wildman–Crippen LogP) is 3.00. The Hall–Kier alpha value is -1.07. The molecule has 118 valence electrons. The lowest BCUT2D eigenvalue weighted by atomic mass is 10.1. The number of hydrogen-bond donors (Lipinski definition) is 1. The molecule has 5 heteroatoms. The van der Waals surface area contributed by atoms with Gasteiger partial charge in [0.15, 0.2) is 11.5 Å². The van der Waals surface area contributed by atoms with Crippen LogP contribution in [0.5, 0.6) is 11.5 Å². The lowest BCUT2D eigenvalue weighted by molar-refractivity contribution is 0.174. The lowest BCUT2D eigenvalue weighted by Crippen LogP contribution is -2.26. The van der Waals surface area contributed by atoms with Gasteiger partial charge in [0.2, 0.25) is 6.79 Å². The van der Waals surface area contributed by atoms with Gasteiger partial charge in [0.05, 0.1) is 0 Å². The molecule has 0 saturated carbocycles. The van der Waals surface area contributed by atoms with Crippen LogP contribution < -0.4 is 14.8 Å². The number of unbranched alkanes of at least 4 members (excludes halogenated alkanes) is 2. The average Bonchev–Trinajstić information content (AvgIpc) is 2.94. The van der Waals surface area contributed by atoms with Gasteiger partial charge in [0, 0.05) is 28.3 Å². The molecule has 1 heterocycles. The molecule has 21 heavy (non-hydrogen) atoms. The fraction of sp³-hybridized carbons (Fsp3) is 0.625. The minimum Gasteiger partial charge on any atom is -0.454 e. The highest BCUT2D eigenvalue weighted by Gasteiger charge is 2.19. The van der Waals surface area contributed by atoms with Crippen LogP contribution in [-0.2, 0) is 10.8 Å². The molecule has 0 fully saturated rings. The van der Waals surface area contributed by atoms with Crippen LogP contribution in [0.2, 0.25) is 0 Å². The first-order valence-corrected chi connectivity index (χ1v) is 9.21. The van der Waals surface area contributed by atoms with E-state index in [1.165, 1.54) is 0 Å². The van der Waals surface area contributed by atoms with E-state index in [4.69, 9.17) is 9.47 Å². The Morgan fingerprint density at radius 2 is 2.05 bits per heavy atom. The van der Waals surface area contributed by atoms with E-state index in [0.29, 0.717) is 5.75 Å². The van der Waals surface area contributed by atoms with Crippen LogP contribution in [0.3, 0.4) is 0 Å². The van der Waals surface area contributed by atoms with E-state index in [9.17, 15) is 4.21 Å². The number of benzene rings is 1. The number of nitrogens with one attached hydrogen (secondary N) is 1. The summed E-state index contributed by atoms with van der Waals surface area (Å²) >= 11 is 0. The van der Waals surface area contributed by atoms with Crippen molar-refractivity contribution in [2.75, 3.05) is 24.8 Å². The fourth-order valence-electron chi connectivity index (χ4n) is 2.43. The van der Waals surface area contributed by atoms with Gasteiger partial charge in [-0.2, -0.15) is 0 Å². The van der Waals surface area contributed by atoms with Gasteiger partial charge < -0.3 is 14.8 Å². The first-order valence-electron chi connectivity index (χ1n) is 7.72. The topological polar surface area (TPSA) is 47.6 Å². The number of rotatable bonds is 9. The van der Waals surface area contributed by atoms with Gasteiger partial charge in [-0.1, -0.05) is 32.8 Å². The van der Waals surface area contributed by atoms with Crippen molar-refractivity contribution in [3.8, 4) is 11.5 Å². The van der Waals surface area contributed by atoms with Crippen LogP contribution in [0.4, 0.5) is 0 Å². The molecule has 0 spiro atoms. The summed E-state index contributed by atoms with van der Waals surface area (Å²) < 4.78 is 23.0. The van der Waals surface area contributed by atoms with Crippen LogP contribution in [0, 0.1) is 0 Å². The molecule has 0 aliphatic carbocycles. The molecule has 1 aliphatic rings. The van der Waals surface area contributed by atoms with Crippen molar-refractivity contribution in [3.63, 3.8) is 0 Å². The summed E-state index contributed by atoms with van der Waals surface area (Å²) in [5.41, 5.74) is 1.12. The largest absolute Gasteiger partial charge is 0.454 e. The van der Waals surface area contributed by atoms with Gasteiger partial charge in [-0.3, -0.25) is 4.21 Å². The van der Waals surface area contributed by atoms with Gasteiger partial charge in [-0.15, -0.1) is 0 Å². The monoisotopic (exact) mass is 311 g/mol. The smallest absolute Gasteiger partial charge is 0.231 e. The normalized spacial score (nSPS) is 15.9. The number of ether oxygens (including phenoxy) is 2. The Kier molecular flexibility index (Phi) is 6.51. The van der Waals surface area contributed by atoms with Crippen LogP contribution in [-0.4, -0.2) is 29.1 Å². The van der Waals surface area contributed by atoms with E-state index < -0.39 is 10.8 Å². The van der Waals surface area contributed by atoms with E-state index in [2.05, 4.69) is 19.2 Å². The third kappa shape index (κ3) is 4.71. The van der Waals surface area contributed by atoms with Gasteiger partial charge >= 0.3 is 0 Å². The quantitative estimate of drug-likeness (QED) is 0.712. The highest BCUT2D eigenvalue weighted by Crippen LogP contribution is 2.34. The van der Waals surface area contributed by atoms with E-state index >= 15 is 0 Å². The molecule has 1 aromatic rings. The Bertz CT molecular complexity index is 479. The molecule has 2 atom stereocenters. The third-order valence-electron chi connectivity index (χ3n) is 3.58. The zero-order valence-corrected chi connectivity index (χ0v) is 13.7. The molecule has 0 amide bonds. The summed E-state index contributed by atoms with van der Waals surface area (Å²) in [7, 11) is -0.786. The first-order chi connectivity index (χ1) is 10.2. The van der Waals surface area contributed by atoms with Crippen molar-refractivity contribution in [2.24, 2.45) is 0 Å². The van der Waals surface area contributed by atoms with E-state index in [-0.39, 0.29) is 12.8 Å². The van der Waals surface area contributed by atoms with Crippen molar-refractivity contribution < 1.29 is 13.7 Å². The lowest BCUT2D eigenvalue weighted by Gasteiger charge is -2.18. The molecule has 0 bridgehead atoms. The maximum absolute atomic E-state index is 12.2. The summed E-state index contributed by atoms with van der Waals surface area (Å²) in [6, 6.07) is 6.07. The molecule has 0 radical (unpaired) electrons. The molecule has 0 aromatic heterocycles. The summed E-state index contributed by atoms with van der Waals surface area (Å²) in [4.78, 5) is 0. The maximum Gasteiger partial charge on any atom is 0.231 e.